The summed E-state index contributed by atoms with van der Waals surface area (Å²) in [5, 5.41) is 18.7. The maximum Gasteiger partial charge on any atom is 0.123 e. The Labute approximate surface area is 83.5 Å². The summed E-state index contributed by atoms with van der Waals surface area (Å²) in [5.41, 5.74) is 6.98. The fourth-order valence-corrected chi connectivity index (χ4v) is 1.33. The van der Waals surface area contributed by atoms with Crippen molar-refractivity contribution in [3.05, 3.63) is 42.0 Å². The number of hydrogen-bond donors (Lipinski definition) is 3. The Balaban J connectivity index is 3.06. The highest BCUT2D eigenvalue weighted by molar-refractivity contribution is 5.42. The Kier molecular flexibility index (Phi) is 3.68. The molecule has 1 aromatic rings. The van der Waals surface area contributed by atoms with Crippen LogP contribution in [0.5, 0.6) is 5.75 Å². The zero-order chi connectivity index (χ0) is 10.6. The van der Waals surface area contributed by atoms with Gasteiger partial charge in [0.15, 0.2) is 0 Å². The van der Waals surface area contributed by atoms with E-state index in [1.54, 1.807) is 12.1 Å². The second kappa shape index (κ2) is 4.79. The van der Waals surface area contributed by atoms with Crippen molar-refractivity contribution in [2.45, 2.75) is 12.5 Å². The van der Waals surface area contributed by atoms with Crippen molar-refractivity contribution in [3.63, 3.8) is 0 Å². The molecule has 0 unspecified atom stereocenters. The van der Waals surface area contributed by atoms with Gasteiger partial charge < -0.3 is 15.9 Å². The van der Waals surface area contributed by atoms with Crippen LogP contribution in [-0.4, -0.2) is 16.8 Å². The lowest BCUT2D eigenvalue weighted by atomic mass is 10.0. The van der Waals surface area contributed by atoms with E-state index in [9.17, 15) is 5.11 Å². The maximum atomic E-state index is 9.78. The van der Waals surface area contributed by atoms with Gasteiger partial charge in [-0.3, -0.25) is 0 Å². The Morgan fingerprint density at radius 3 is 2.79 bits per heavy atom. The van der Waals surface area contributed by atoms with Gasteiger partial charge in [-0.1, -0.05) is 24.3 Å². The van der Waals surface area contributed by atoms with E-state index in [1.807, 2.05) is 12.1 Å². The summed E-state index contributed by atoms with van der Waals surface area (Å²) >= 11 is 0. The number of nitrogens with two attached hydrogens (primary N) is 1. The van der Waals surface area contributed by atoms with Crippen molar-refractivity contribution >= 4 is 0 Å². The highest BCUT2D eigenvalue weighted by atomic mass is 16.3. The number of rotatable bonds is 4. The SMILES string of the molecule is C=CCc1cccc([C@H](N)CO)c1O. The Morgan fingerprint density at radius 2 is 2.21 bits per heavy atom. The molecule has 0 radical (unpaired) electrons. The summed E-state index contributed by atoms with van der Waals surface area (Å²) in [5.74, 6) is 0.161. The first kappa shape index (κ1) is 10.8. The molecule has 0 saturated heterocycles. The van der Waals surface area contributed by atoms with E-state index < -0.39 is 6.04 Å². The lowest BCUT2D eigenvalue weighted by molar-refractivity contribution is 0.265. The molecular weight excluding hydrogens is 178 g/mol. The first-order valence-corrected chi connectivity index (χ1v) is 4.48. The molecule has 0 amide bonds. The third-order valence-electron chi connectivity index (χ3n) is 2.11. The molecule has 3 nitrogen and oxygen atoms in total. The number of para-hydroxylation sites is 1. The van der Waals surface area contributed by atoms with E-state index in [1.165, 1.54) is 0 Å². The zero-order valence-corrected chi connectivity index (χ0v) is 7.98. The quantitative estimate of drug-likeness (QED) is 0.627. The van der Waals surface area contributed by atoms with E-state index in [4.69, 9.17) is 10.8 Å². The summed E-state index contributed by atoms with van der Waals surface area (Å²) < 4.78 is 0. The zero-order valence-electron chi connectivity index (χ0n) is 7.98. The molecule has 3 heteroatoms. The fraction of sp³-hybridized carbons (Fsp3) is 0.273. The number of allylic oxidation sites excluding steroid dienone is 1. The minimum atomic E-state index is -0.528. The first-order valence-electron chi connectivity index (χ1n) is 4.48. The second-order valence-electron chi connectivity index (χ2n) is 3.14. The van der Waals surface area contributed by atoms with Crippen molar-refractivity contribution in [3.8, 4) is 5.75 Å². The van der Waals surface area contributed by atoms with Crippen LogP contribution in [0.4, 0.5) is 0 Å². The number of aliphatic hydroxyl groups is 1. The van der Waals surface area contributed by atoms with E-state index in [0.717, 1.165) is 5.56 Å². The van der Waals surface area contributed by atoms with E-state index in [2.05, 4.69) is 6.58 Å². The molecule has 1 atom stereocenters. The molecule has 0 aliphatic carbocycles. The molecule has 0 bridgehead atoms. The van der Waals surface area contributed by atoms with Crippen molar-refractivity contribution in [1.29, 1.82) is 0 Å². The second-order valence-corrected chi connectivity index (χ2v) is 3.14. The Bertz CT molecular complexity index is 323. The summed E-state index contributed by atoms with van der Waals surface area (Å²) in [6.07, 6.45) is 2.31. The molecular formula is C11H15NO2. The van der Waals surface area contributed by atoms with Gasteiger partial charge in [-0.25, -0.2) is 0 Å². The standard InChI is InChI=1S/C11H15NO2/c1-2-4-8-5-3-6-9(11(8)14)10(12)7-13/h2-3,5-6,10,13-14H,1,4,7,12H2/t10-/m1/s1. The Morgan fingerprint density at radius 1 is 1.50 bits per heavy atom. The van der Waals surface area contributed by atoms with Gasteiger partial charge in [-0.15, -0.1) is 6.58 Å². The van der Waals surface area contributed by atoms with Crippen molar-refractivity contribution in [1.82, 2.24) is 0 Å². The molecule has 14 heavy (non-hydrogen) atoms. The average Bonchev–Trinajstić information content (AvgIpc) is 2.20. The third kappa shape index (κ3) is 2.13. The lowest BCUT2D eigenvalue weighted by Gasteiger charge is -2.12. The summed E-state index contributed by atoms with van der Waals surface area (Å²) in [4.78, 5) is 0. The van der Waals surface area contributed by atoms with Gasteiger partial charge in [0, 0.05) is 5.56 Å². The number of aromatic hydroxyl groups is 1. The highest BCUT2D eigenvalue weighted by Gasteiger charge is 2.11. The third-order valence-corrected chi connectivity index (χ3v) is 2.11. The monoisotopic (exact) mass is 193 g/mol. The smallest absolute Gasteiger partial charge is 0.123 e. The van der Waals surface area contributed by atoms with Crippen LogP contribution in [0.3, 0.4) is 0 Å². The van der Waals surface area contributed by atoms with Gasteiger partial charge in [-0.05, 0) is 12.0 Å². The largest absolute Gasteiger partial charge is 0.507 e. The number of aliphatic hydroxyl groups excluding tert-OH is 1. The van der Waals surface area contributed by atoms with Crippen LogP contribution in [0.2, 0.25) is 0 Å². The molecule has 0 saturated carbocycles. The van der Waals surface area contributed by atoms with Crippen LogP contribution in [0, 0.1) is 0 Å². The minimum absolute atomic E-state index is 0.161. The Hall–Kier alpha value is -1.32. The van der Waals surface area contributed by atoms with Gasteiger partial charge in [0.25, 0.3) is 0 Å². The predicted molar refractivity (Wildman–Crippen MR) is 56.0 cm³/mol. The lowest BCUT2D eigenvalue weighted by Crippen LogP contribution is -2.14. The van der Waals surface area contributed by atoms with E-state index in [-0.39, 0.29) is 12.4 Å². The van der Waals surface area contributed by atoms with Crippen LogP contribution in [0.25, 0.3) is 0 Å². The van der Waals surface area contributed by atoms with Crippen molar-refractivity contribution < 1.29 is 10.2 Å². The molecule has 0 aromatic heterocycles. The summed E-state index contributed by atoms with van der Waals surface area (Å²) in [7, 11) is 0. The van der Waals surface area contributed by atoms with Crippen molar-refractivity contribution in [2.24, 2.45) is 5.73 Å². The number of phenols is 1. The van der Waals surface area contributed by atoms with Gasteiger partial charge in [-0.2, -0.15) is 0 Å². The molecule has 0 aliphatic heterocycles. The first-order chi connectivity index (χ1) is 6.70. The van der Waals surface area contributed by atoms with Crippen molar-refractivity contribution in [2.75, 3.05) is 6.61 Å². The molecule has 0 spiro atoms. The van der Waals surface area contributed by atoms with E-state index >= 15 is 0 Å². The topological polar surface area (TPSA) is 66.5 Å². The normalized spacial score (nSPS) is 12.4. The summed E-state index contributed by atoms with van der Waals surface area (Å²) in [6.45, 7) is 3.42. The molecule has 1 rings (SSSR count). The maximum absolute atomic E-state index is 9.78. The van der Waals surface area contributed by atoms with Crippen LogP contribution in [-0.2, 0) is 6.42 Å². The van der Waals surface area contributed by atoms with Crippen LogP contribution < -0.4 is 5.73 Å². The van der Waals surface area contributed by atoms with Crippen LogP contribution in [0.1, 0.15) is 17.2 Å². The number of benzene rings is 1. The molecule has 76 valence electrons. The molecule has 0 aliphatic rings. The molecule has 0 heterocycles. The van der Waals surface area contributed by atoms with Gasteiger partial charge in [0.05, 0.1) is 12.6 Å². The fourth-order valence-electron chi connectivity index (χ4n) is 1.33. The van der Waals surface area contributed by atoms with Crippen LogP contribution in [0.15, 0.2) is 30.9 Å². The van der Waals surface area contributed by atoms with E-state index in [0.29, 0.717) is 12.0 Å². The molecule has 1 aromatic carbocycles. The average molecular weight is 193 g/mol. The molecule has 0 fully saturated rings. The highest BCUT2D eigenvalue weighted by Crippen LogP contribution is 2.27. The number of hydrogen-bond acceptors (Lipinski definition) is 3. The summed E-state index contributed by atoms with van der Waals surface area (Å²) in [6, 6.07) is 4.80. The van der Waals surface area contributed by atoms with Gasteiger partial charge >= 0.3 is 0 Å². The van der Waals surface area contributed by atoms with Gasteiger partial charge in [0.1, 0.15) is 5.75 Å². The van der Waals surface area contributed by atoms with Gasteiger partial charge in [0.2, 0.25) is 0 Å². The van der Waals surface area contributed by atoms with Crippen LogP contribution >= 0.6 is 0 Å². The minimum Gasteiger partial charge on any atom is -0.507 e. The molecule has 4 N–H and O–H groups in total. The number of phenolic OH excluding ortho intramolecular Hbond substituents is 1. The predicted octanol–water partition coefficient (Wildman–Crippen LogP) is 1.11.